The van der Waals surface area contributed by atoms with Crippen LogP contribution in [0.5, 0.6) is 0 Å². The molecule has 2 aromatic heterocycles. The Balaban J connectivity index is 1.39. The molecule has 0 aliphatic carbocycles. The number of carbonyl (C=O) groups is 1. The molecule has 1 aliphatic heterocycles. The number of halogens is 3. The molecule has 0 radical (unpaired) electrons. The predicted octanol–water partition coefficient (Wildman–Crippen LogP) is 6.29. The number of hydrogen-bond acceptors (Lipinski definition) is 4. The first-order valence-electron chi connectivity index (χ1n) is 11.7. The highest BCUT2D eigenvalue weighted by molar-refractivity contribution is 9.10. The van der Waals surface area contributed by atoms with Crippen molar-refractivity contribution in [2.75, 3.05) is 13.1 Å². The zero-order chi connectivity index (χ0) is 25.9. The van der Waals surface area contributed by atoms with Crippen LogP contribution >= 0.6 is 27.5 Å². The van der Waals surface area contributed by atoms with E-state index >= 15 is 0 Å². The van der Waals surface area contributed by atoms with Gasteiger partial charge in [-0.3, -0.25) is 9.47 Å². The molecule has 2 aromatic carbocycles. The van der Waals surface area contributed by atoms with Gasteiger partial charge in [0.05, 0.1) is 22.2 Å². The van der Waals surface area contributed by atoms with Crippen molar-refractivity contribution in [3.63, 3.8) is 0 Å². The van der Waals surface area contributed by atoms with Crippen molar-refractivity contribution in [3.05, 3.63) is 104 Å². The summed E-state index contributed by atoms with van der Waals surface area (Å²) in [5.41, 5.74) is 4.95. The second-order valence-corrected chi connectivity index (χ2v) is 10.0. The van der Waals surface area contributed by atoms with Gasteiger partial charge in [-0.1, -0.05) is 35.9 Å². The summed E-state index contributed by atoms with van der Waals surface area (Å²) in [6, 6.07) is 15.9. The van der Waals surface area contributed by atoms with E-state index in [-0.39, 0.29) is 11.1 Å². The number of hydrogen-bond donors (Lipinski definition) is 1. The van der Waals surface area contributed by atoms with Crippen LogP contribution in [0.25, 0.3) is 17.0 Å². The highest BCUT2D eigenvalue weighted by Gasteiger charge is 2.26. The van der Waals surface area contributed by atoms with Crippen LogP contribution < -0.4 is 5.32 Å². The van der Waals surface area contributed by atoms with Crippen LogP contribution in [0.1, 0.15) is 27.9 Å². The van der Waals surface area contributed by atoms with Crippen molar-refractivity contribution in [2.45, 2.75) is 19.5 Å². The number of nitrogens with zero attached hydrogens (tertiary/aromatic N) is 4. The van der Waals surface area contributed by atoms with Gasteiger partial charge in [0.1, 0.15) is 10.4 Å². The molecule has 0 spiro atoms. The second-order valence-electron chi connectivity index (χ2n) is 8.81. The number of pyridine rings is 1. The Kier molecular flexibility index (Phi) is 7.38. The molecule has 0 atom stereocenters. The molecule has 1 amide bonds. The maximum atomic E-state index is 13.7. The summed E-state index contributed by atoms with van der Waals surface area (Å²) >= 11 is 9.13. The van der Waals surface area contributed by atoms with E-state index in [4.69, 9.17) is 11.6 Å². The molecule has 1 aliphatic rings. The van der Waals surface area contributed by atoms with E-state index in [0.717, 1.165) is 39.8 Å². The molecule has 0 fully saturated rings. The Morgan fingerprint density at radius 2 is 2.11 bits per heavy atom. The molecule has 37 heavy (non-hydrogen) atoms. The SMILES string of the molecule is N#Cc1ccc2c3c(n(C(=O)NCc4ccnc(Br)c4)c2c1)CCN(CC=Cc1ccc(Cl)c(F)c1)C3. The summed E-state index contributed by atoms with van der Waals surface area (Å²) in [5.74, 6) is -0.439. The lowest BCUT2D eigenvalue weighted by Gasteiger charge is -2.27. The number of carbonyl (C=O) groups excluding carboxylic acids is 1. The molecular weight excluding hydrogens is 557 g/mol. The van der Waals surface area contributed by atoms with Crippen LogP contribution in [-0.4, -0.2) is 33.6 Å². The summed E-state index contributed by atoms with van der Waals surface area (Å²) in [6.45, 7) is 2.46. The molecule has 3 heterocycles. The first kappa shape index (κ1) is 25.2. The number of aromatic nitrogens is 2. The minimum absolute atomic E-state index is 0.106. The van der Waals surface area contributed by atoms with Gasteiger partial charge in [0.15, 0.2) is 0 Å². The van der Waals surface area contributed by atoms with E-state index in [1.165, 1.54) is 6.07 Å². The van der Waals surface area contributed by atoms with E-state index in [0.29, 0.717) is 36.2 Å². The summed E-state index contributed by atoms with van der Waals surface area (Å²) < 4.78 is 16.1. The van der Waals surface area contributed by atoms with Crippen LogP contribution in [0.3, 0.4) is 0 Å². The zero-order valence-electron chi connectivity index (χ0n) is 19.7. The van der Waals surface area contributed by atoms with Crippen molar-refractivity contribution < 1.29 is 9.18 Å². The molecule has 0 saturated heterocycles. The van der Waals surface area contributed by atoms with E-state index in [2.05, 4.69) is 37.2 Å². The van der Waals surface area contributed by atoms with Gasteiger partial charge in [-0.25, -0.2) is 14.2 Å². The normalized spacial score (nSPS) is 13.6. The lowest BCUT2D eigenvalue weighted by Crippen LogP contribution is -2.34. The van der Waals surface area contributed by atoms with Crippen LogP contribution in [0.4, 0.5) is 9.18 Å². The molecule has 4 aromatic rings. The number of rotatable bonds is 5. The Hall–Kier alpha value is -3.51. The van der Waals surface area contributed by atoms with Crippen molar-refractivity contribution in [2.24, 2.45) is 0 Å². The maximum Gasteiger partial charge on any atom is 0.326 e. The fraction of sp³-hybridized carbons (Fsp3) is 0.179. The van der Waals surface area contributed by atoms with Crippen LogP contribution in [-0.2, 0) is 19.5 Å². The second kappa shape index (κ2) is 10.9. The molecule has 0 bridgehead atoms. The molecular formula is C28H22BrClFN5O. The topological polar surface area (TPSA) is 74.0 Å². The minimum Gasteiger partial charge on any atom is -0.333 e. The molecule has 6 nitrogen and oxygen atoms in total. The third-order valence-electron chi connectivity index (χ3n) is 6.41. The van der Waals surface area contributed by atoms with Crippen molar-refractivity contribution in [1.82, 2.24) is 19.8 Å². The van der Waals surface area contributed by atoms with Gasteiger partial charge in [-0.05, 0) is 69.0 Å². The maximum absolute atomic E-state index is 13.7. The Morgan fingerprint density at radius 1 is 1.24 bits per heavy atom. The summed E-state index contributed by atoms with van der Waals surface area (Å²) in [5, 5.41) is 13.5. The number of amides is 1. The van der Waals surface area contributed by atoms with Crippen molar-refractivity contribution in [1.29, 1.82) is 5.26 Å². The number of nitrogens with one attached hydrogen (secondary N) is 1. The van der Waals surface area contributed by atoms with Gasteiger partial charge in [0.2, 0.25) is 0 Å². The third-order valence-corrected chi connectivity index (χ3v) is 7.15. The standard InChI is InChI=1S/C28H22BrClFN5O/c29-27-14-20(7-9-33-27)16-34-28(37)36-25-8-11-35(10-1-2-18-4-6-23(30)24(31)12-18)17-22(25)21-5-3-19(15-32)13-26(21)36/h1-7,9,12-14H,8,10-11,16-17H2,(H,34,37). The highest BCUT2D eigenvalue weighted by Crippen LogP contribution is 2.31. The largest absolute Gasteiger partial charge is 0.333 e. The fourth-order valence-electron chi connectivity index (χ4n) is 4.63. The third kappa shape index (κ3) is 5.44. The molecule has 0 saturated carbocycles. The van der Waals surface area contributed by atoms with Gasteiger partial charge in [-0.2, -0.15) is 5.26 Å². The van der Waals surface area contributed by atoms with Gasteiger partial charge in [-0.15, -0.1) is 0 Å². The first-order chi connectivity index (χ1) is 17.9. The van der Waals surface area contributed by atoms with E-state index < -0.39 is 5.82 Å². The fourth-order valence-corrected chi connectivity index (χ4v) is 5.16. The summed E-state index contributed by atoms with van der Waals surface area (Å²) in [4.78, 5) is 19.8. The minimum atomic E-state index is -0.439. The number of fused-ring (bicyclic) bond motifs is 3. The van der Waals surface area contributed by atoms with Crippen LogP contribution in [0, 0.1) is 17.1 Å². The van der Waals surface area contributed by atoms with Gasteiger partial charge >= 0.3 is 6.03 Å². The smallest absolute Gasteiger partial charge is 0.326 e. The quantitative estimate of drug-likeness (QED) is 0.282. The Labute approximate surface area is 227 Å². The van der Waals surface area contributed by atoms with E-state index in [9.17, 15) is 14.4 Å². The zero-order valence-corrected chi connectivity index (χ0v) is 22.1. The van der Waals surface area contributed by atoms with E-state index in [1.807, 2.05) is 30.4 Å². The molecule has 186 valence electrons. The van der Waals surface area contributed by atoms with Gasteiger partial charge in [0.25, 0.3) is 0 Å². The van der Waals surface area contributed by atoms with Crippen molar-refractivity contribution in [3.8, 4) is 6.07 Å². The molecule has 0 unspecified atom stereocenters. The molecule has 9 heteroatoms. The lowest BCUT2D eigenvalue weighted by molar-refractivity contribution is 0.240. The molecule has 5 rings (SSSR count). The van der Waals surface area contributed by atoms with E-state index in [1.54, 1.807) is 35.0 Å². The average Bonchev–Trinajstić information content (AvgIpc) is 3.22. The van der Waals surface area contributed by atoms with Crippen LogP contribution in [0.2, 0.25) is 5.02 Å². The Morgan fingerprint density at radius 3 is 2.89 bits per heavy atom. The average molecular weight is 579 g/mol. The Bertz CT molecular complexity index is 1580. The number of benzene rings is 2. The summed E-state index contributed by atoms with van der Waals surface area (Å²) in [6.07, 6.45) is 6.25. The first-order valence-corrected chi connectivity index (χ1v) is 12.9. The highest BCUT2D eigenvalue weighted by atomic mass is 79.9. The van der Waals surface area contributed by atoms with Gasteiger partial charge < -0.3 is 5.32 Å². The monoisotopic (exact) mass is 577 g/mol. The van der Waals surface area contributed by atoms with Crippen LogP contribution in [0.15, 0.2) is 65.4 Å². The van der Waals surface area contributed by atoms with Gasteiger partial charge in [0, 0.05) is 49.9 Å². The van der Waals surface area contributed by atoms with Crippen molar-refractivity contribution >= 4 is 50.5 Å². The number of nitriles is 1. The molecule has 1 N–H and O–H groups in total. The summed E-state index contributed by atoms with van der Waals surface area (Å²) in [7, 11) is 0. The predicted molar refractivity (Wildman–Crippen MR) is 146 cm³/mol. The lowest BCUT2D eigenvalue weighted by atomic mass is 10.0.